The van der Waals surface area contributed by atoms with Crippen LogP contribution in [0.25, 0.3) is 48.8 Å². The summed E-state index contributed by atoms with van der Waals surface area (Å²) in [7, 11) is 0. The van der Waals surface area contributed by atoms with Crippen molar-refractivity contribution in [1.29, 1.82) is 0 Å². The normalized spacial score (nSPS) is 7.65. The summed E-state index contributed by atoms with van der Waals surface area (Å²) < 4.78 is 0. The molecule has 6 rings (SSSR count). The molecule has 249 valence electrons. The van der Waals surface area contributed by atoms with E-state index in [4.69, 9.17) is 5.73 Å². The first-order valence-electron chi connectivity index (χ1n) is 14.1. The van der Waals surface area contributed by atoms with Gasteiger partial charge in [-0.3, -0.25) is 0 Å². The number of hydrogen-bond donors (Lipinski definition) is 0. The number of rotatable bonds is 0. The summed E-state index contributed by atoms with van der Waals surface area (Å²) in [5.41, 5.74) is 6.21. The molecular formula is C42H66NY3-. The summed E-state index contributed by atoms with van der Waals surface area (Å²) in [5.74, 6) is 0. The van der Waals surface area contributed by atoms with Gasteiger partial charge in [-0.05, 0) is 67.4 Å². The molecule has 0 saturated heterocycles. The van der Waals surface area contributed by atoms with Gasteiger partial charge in [0.25, 0.3) is 0 Å². The van der Waals surface area contributed by atoms with Crippen molar-refractivity contribution in [3.05, 3.63) is 127 Å². The Bertz CT molecular complexity index is 1140. The maximum atomic E-state index is 6.21. The number of hydrogen-bond acceptors (Lipinski definition) is 0. The van der Waals surface area contributed by atoms with E-state index in [9.17, 15) is 0 Å². The Labute approximate surface area is 362 Å². The van der Waals surface area contributed by atoms with Gasteiger partial charge in [-0.2, -0.15) is 6.54 Å². The summed E-state index contributed by atoms with van der Waals surface area (Å²) in [6, 6.07) is 42.8. The van der Waals surface area contributed by atoms with Crippen LogP contribution in [0.2, 0.25) is 0 Å². The van der Waals surface area contributed by atoms with E-state index in [1.165, 1.54) is 49.5 Å². The zero-order valence-corrected chi connectivity index (χ0v) is 34.7. The van der Waals surface area contributed by atoms with Crippen LogP contribution < -0.4 is 0 Å². The molecule has 0 aromatic heterocycles. The van der Waals surface area contributed by atoms with Gasteiger partial charge in [0, 0.05) is 98.1 Å². The topological polar surface area (TPSA) is 23.8 Å². The van der Waals surface area contributed by atoms with Crippen LogP contribution in [0.15, 0.2) is 121 Å². The van der Waals surface area contributed by atoms with Crippen LogP contribution in [0.4, 0.5) is 0 Å². The first kappa shape index (κ1) is 64.2. The molecule has 0 unspecified atom stereocenters. The molecule has 0 fully saturated rings. The summed E-state index contributed by atoms with van der Waals surface area (Å²) in [6.45, 7) is 14.5. The van der Waals surface area contributed by atoms with Gasteiger partial charge in [-0.15, -0.1) is 0 Å². The molecule has 6 aromatic carbocycles. The van der Waals surface area contributed by atoms with Crippen molar-refractivity contribution in [2.45, 2.75) is 92.0 Å². The molecule has 0 aliphatic carbocycles. The van der Waals surface area contributed by atoms with E-state index in [1.54, 1.807) is 6.92 Å². The van der Waals surface area contributed by atoms with Gasteiger partial charge < -0.3 is 5.73 Å². The number of nitrogens with one attached hydrogen (secondary N) is 1. The van der Waals surface area contributed by atoms with Crippen molar-refractivity contribution in [2.75, 3.05) is 6.54 Å². The third-order valence-electron chi connectivity index (χ3n) is 5.23. The first-order valence-corrected chi connectivity index (χ1v) is 14.1. The fourth-order valence-corrected chi connectivity index (χ4v) is 3.77. The maximum absolute atomic E-state index is 6.21. The summed E-state index contributed by atoms with van der Waals surface area (Å²) in [4.78, 5) is 0. The minimum Gasteiger partial charge on any atom is -0.678 e. The Hall–Kier alpha value is -0.368. The molecule has 4 heteroatoms. The van der Waals surface area contributed by atoms with Gasteiger partial charge in [0.2, 0.25) is 0 Å². The smallest absolute Gasteiger partial charge is 0 e. The van der Waals surface area contributed by atoms with E-state index < -0.39 is 0 Å². The maximum Gasteiger partial charge on any atom is 0 e. The van der Waals surface area contributed by atoms with Crippen molar-refractivity contribution in [3.8, 4) is 0 Å². The average Bonchev–Trinajstić information content (AvgIpc) is 2.98. The van der Waals surface area contributed by atoms with E-state index in [2.05, 4.69) is 135 Å². The molecule has 46 heavy (non-hydrogen) atoms. The van der Waals surface area contributed by atoms with Crippen LogP contribution in [0.5, 0.6) is 0 Å². The average molecular weight is 852 g/mol. The standard InChI is InChI=1S/2C14H10.C3H8.C2H6N.2C2H6.5CH4.3Y/c2*1-2-6-12-10-14-8-4-3-7-13(14)9-11(12)5-1;1-3-2;1-2-3;2*1-2;;;;;;;;/h2*1-10H;3H2,1-2H3;3H,2H2,1H3;2*1-2H3;5*1H4;;;/q;;;-1;;;;;;;;;;. The monoisotopic (exact) mass is 851 g/mol. The van der Waals surface area contributed by atoms with E-state index in [1.807, 2.05) is 27.7 Å². The van der Waals surface area contributed by atoms with Crippen LogP contribution >= 0.6 is 0 Å². The molecule has 1 nitrogen and oxygen atoms in total. The second-order valence-electron chi connectivity index (χ2n) is 8.15. The second kappa shape index (κ2) is 40.8. The minimum atomic E-state index is 0. The molecule has 0 saturated carbocycles. The van der Waals surface area contributed by atoms with Crippen LogP contribution in [-0.4, -0.2) is 6.54 Å². The fourth-order valence-electron chi connectivity index (χ4n) is 3.77. The zero-order chi connectivity index (χ0) is 28.2. The van der Waals surface area contributed by atoms with Crippen molar-refractivity contribution < 1.29 is 98.1 Å². The second-order valence-corrected chi connectivity index (χ2v) is 8.15. The summed E-state index contributed by atoms with van der Waals surface area (Å²) in [6.07, 6.45) is 1.25. The molecular weight excluding hydrogens is 785 g/mol. The zero-order valence-electron chi connectivity index (χ0n) is 26.2. The Morgan fingerprint density at radius 1 is 0.348 bits per heavy atom. The Morgan fingerprint density at radius 3 is 0.522 bits per heavy atom. The molecule has 0 aliphatic rings. The van der Waals surface area contributed by atoms with E-state index in [-0.39, 0.29) is 135 Å². The molecule has 3 radical (unpaired) electrons. The summed E-state index contributed by atoms with van der Waals surface area (Å²) >= 11 is 0. The molecule has 1 N–H and O–H groups in total. The van der Waals surface area contributed by atoms with Crippen molar-refractivity contribution in [1.82, 2.24) is 0 Å². The van der Waals surface area contributed by atoms with Gasteiger partial charge in [-0.25, -0.2) is 0 Å². The molecule has 0 bridgehead atoms. The minimum absolute atomic E-state index is 0. The fraction of sp³-hybridized carbons (Fsp3) is 0.333. The van der Waals surface area contributed by atoms with Gasteiger partial charge in [0.05, 0.1) is 0 Å². The Morgan fingerprint density at radius 2 is 0.435 bits per heavy atom. The third-order valence-corrected chi connectivity index (χ3v) is 5.23. The first-order chi connectivity index (χ1) is 18.7. The summed E-state index contributed by atoms with van der Waals surface area (Å²) in [5, 5.41) is 10.5. The third kappa shape index (κ3) is 22.3. The number of benzene rings is 6. The molecule has 0 amide bonds. The van der Waals surface area contributed by atoms with Gasteiger partial charge in [-0.1, -0.05) is 189 Å². The molecule has 6 aromatic rings. The SMILES string of the molecule is C.C.C.C.C.CC.CC.CCC.CC[NH-].[Y].[Y].[Y].c1ccc2cc3ccccc3cc2c1.c1ccc2cc3ccccc3cc2c1. The van der Waals surface area contributed by atoms with Gasteiger partial charge in [0.1, 0.15) is 0 Å². The van der Waals surface area contributed by atoms with Crippen LogP contribution in [0.1, 0.15) is 92.0 Å². The van der Waals surface area contributed by atoms with Gasteiger partial charge in [0.15, 0.2) is 0 Å². The number of fused-ring (bicyclic) bond motifs is 4. The van der Waals surface area contributed by atoms with E-state index in [0.717, 1.165) is 0 Å². The van der Waals surface area contributed by atoms with Crippen molar-refractivity contribution >= 4 is 43.1 Å². The van der Waals surface area contributed by atoms with Crippen molar-refractivity contribution in [3.63, 3.8) is 0 Å². The quantitative estimate of drug-likeness (QED) is 0.136. The largest absolute Gasteiger partial charge is 0.678 e. The molecule has 0 spiro atoms. The van der Waals surface area contributed by atoms with Gasteiger partial charge >= 0.3 is 0 Å². The predicted octanol–water partition coefficient (Wildman–Crippen LogP) is 15.7. The molecule has 0 heterocycles. The van der Waals surface area contributed by atoms with Crippen LogP contribution in [0, 0.1) is 0 Å². The van der Waals surface area contributed by atoms with Crippen molar-refractivity contribution in [2.24, 2.45) is 0 Å². The Balaban J connectivity index is -0.0000000721. The molecule has 0 atom stereocenters. The molecule has 0 aliphatic heterocycles. The van der Waals surface area contributed by atoms with Crippen LogP contribution in [-0.2, 0) is 98.1 Å². The van der Waals surface area contributed by atoms with E-state index in [0.29, 0.717) is 6.54 Å². The van der Waals surface area contributed by atoms with Crippen LogP contribution in [0.3, 0.4) is 0 Å². The predicted molar refractivity (Wildman–Crippen MR) is 210 cm³/mol. The van der Waals surface area contributed by atoms with E-state index >= 15 is 0 Å². The Kier molecular flexibility index (Phi) is 56.9.